The average molecular weight is 285 g/mol. The Morgan fingerprint density at radius 1 is 1.39 bits per heavy atom. The number of thiocarbonyl (C=S) groups is 1. The van der Waals surface area contributed by atoms with Gasteiger partial charge in [-0.15, -0.1) is 0 Å². The van der Waals surface area contributed by atoms with Crippen LogP contribution in [0.1, 0.15) is 32.3 Å². The zero-order valence-corrected chi connectivity index (χ0v) is 12.5. The molecule has 0 fully saturated rings. The van der Waals surface area contributed by atoms with E-state index >= 15 is 0 Å². The zero-order valence-electron chi connectivity index (χ0n) is 10.9. The van der Waals surface area contributed by atoms with Gasteiger partial charge in [0, 0.05) is 5.92 Å². The van der Waals surface area contributed by atoms with Crippen LogP contribution in [0.3, 0.4) is 0 Å². The lowest BCUT2D eigenvalue weighted by atomic mass is 9.89. The second-order valence-electron chi connectivity index (χ2n) is 4.46. The Morgan fingerprint density at radius 3 is 2.50 bits per heavy atom. The largest absolute Gasteiger partial charge is 0.393 e. The van der Waals surface area contributed by atoms with Gasteiger partial charge in [-0.1, -0.05) is 45.1 Å². The number of nitrogens with two attached hydrogens (primary N) is 1. The Hall–Kier alpha value is -0.940. The molecule has 0 radical (unpaired) electrons. The van der Waals surface area contributed by atoms with Crippen LogP contribution in [0.2, 0.25) is 0 Å². The van der Waals surface area contributed by atoms with Crippen LogP contribution in [0, 0.1) is 5.92 Å². The molecule has 0 spiro atoms. The van der Waals surface area contributed by atoms with Crippen molar-refractivity contribution >= 4 is 27.0 Å². The van der Waals surface area contributed by atoms with E-state index < -0.39 is 9.84 Å². The summed E-state index contributed by atoms with van der Waals surface area (Å²) in [4.78, 5) is 0.816. The zero-order chi connectivity index (χ0) is 13.9. The predicted octanol–water partition coefficient (Wildman–Crippen LogP) is 2.51. The van der Waals surface area contributed by atoms with Gasteiger partial charge >= 0.3 is 0 Å². The first kappa shape index (κ1) is 15.1. The summed E-state index contributed by atoms with van der Waals surface area (Å²) in [5, 5.41) is 0. The molecule has 1 aromatic carbocycles. The van der Waals surface area contributed by atoms with Crippen LogP contribution in [0.5, 0.6) is 0 Å². The molecule has 0 aromatic heterocycles. The average Bonchev–Trinajstić information content (AvgIpc) is 2.37. The first-order chi connectivity index (χ1) is 8.29. The lowest BCUT2D eigenvalue weighted by Gasteiger charge is -2.19. The quantitative estimate of drug-likeness (QED) is 0.844. The summed E-state index contributed by atoms with van der Waals surface area (Å²) in [6, 6.07) is 7.02. The van der Waals surface area contributed by atoms with Crippen molar-refractivity contribution in [3.05, 3.63) is 29.8 Å². The molecule has 0 bridgehead atoms. The topological polar surface area (TPSA) is 60.2 Å². The fourth-order valence-corrected chi connectivity index (χ4v) is 2.83. The number of hydrogen-bond acceptors (Lipinski definition) is 3. The van der Waals surface area contributed by atoms with Crippen molar-refractivity contribution in [3.8, 4) is 0 Å². The Bertz CT molecular complexity index is 538. The van der Waals surface area contributed by atoms with Crippen LogP contribution in [-0.4, -0.2) is 19.2 Å². The van der Waals surface area contributed by atoms with Crippen LogP contribution in [0.4, 0.5) is 0 Å². The van der Waals surface area contributed by atoms with Gasteiger partial charge in [-0.25, -0.2) is 8.42 Å². The highest BCUT2D eigenvalue weighted by molar-refractivity contribution is 7.91. The summed E-state index contributed by atoms with van der Waals surface area (Å²) in [5.74, 6) is 0.254. The molecule has 100 valence electrons. The molecule has 1 aromatic rings. The number of benzene rings is 1. The summed E-state index contributed by atoms with van der Waals surface area (Å²) < 4.78 is 23.7. The minimum Gasteiger partial charge on any atom is -0.393 e. The molecule has 0 aliphatic heterocycles. The number of sulfone groups is 1. The van der Waals surface area contributed by atoms with E-state index in [0.29, 0.717) is 9.88 Å². The van der Waals surface area contributed by atoms with Crippen LogP contribution >= 0.6 is 12.2 Å². The van der Waals surface area contributed by atoms with Crippen LogP contribution in [0.15, 0.2) is 29.2 Å². The molecular formula is C13H19NO2S2. The smallest absolute Gasteiger partial charge is 0.178 e. The van der Waals surface area contributed by atoms with Crippen molar-refractivity contribution in [3.63, 3.8) is 0 Å². The van der Waals surface area contributed by atoms with Gasteiger partial charge in [-0.05, 0) is 23.6 Å². The monoisotopic (exact) mass is 285 g/mol. The molecule has 18 heavy (non-hydrogen) atoms. The lowest BCUT2D eigenvalue weighted by Crippen LogP contribution is -2.23. The molecule has 0 saturated heterocycles. The van der Waals surface area contributed by atoms with E-state index in [4.69, 9.17) is 18.0 Å². The van der Waals surface area contributed by atoms with E-state index in [0.717, 1.165) is 5.56 Å². The highest BCUT2D eigenvalue weighted by Gasteiger charge is 2.19. The predicted molar refractivity (Wildman–Crippen MR) is 78.5 cm³/mol. The van der Waals surface area contributed by atoms with Crippen molar-refractivity contribution in [1.82, 2.24) is 0 Å². The molecule has 3 nitrogen and oxygen atoms in total. The molecule has 0 saturated carbocycles. The summed E-state index contributed by atoms with van der Waals surface area (Å²) >= 11 is 4.98. The third-order valence-electron chi connectivity index (χ3n) is 3.32. The number of rotatable bonds is 5. The van der Waals surface area contributed by atoms with Crippen LogP contribution in [-0.2, 0) is 9.84 Å². The van der Waals surface area contributed by atoms with Gasteiger partial charge in [0.05, 0.1) is 15.6 Å². The highest BCUT2D eigenvalue weighted by Crippen LogP contribution is 2.26. The van der Waals surface area contributed by atoms with Gasteiger partial charge in [-0.3, -0.25) is 0 Å². The molecule has 0 heterocycles. The molecule has 1 rings (SSSR count). The van der Waals surface area contributed by atoms with Crippen molar-refractivity contribution in [2.45, 2.75) is 31.6 Å². The first-order valence-corrected chi connectivity index (χ1v) is 7.97. The Labute approximate surface area is 114 Å². The standard InChI is InChI=1S/C13H19NO2S2/c1-4-18(15,16)12-7-5-6-11(8-12)9(2)10(3)13(14)17/h5-10H,4H2,1-3H3,(H2,14,17). The summed E-state index contributed by atoms with van der Waals surface area (Å²) in [6.45, 7) is 5.60. The van der Waals surface area contributed by atoms with E-state index in [1.165, 1.54) is 0 Å². The molecular weight excluding hydrogens is 266 g/mol. The fourth-order valence-electron chi connectivity index (χ4n) is 1.69. The van der Waals surface area contributed by atoms with Gasteiger partial charge in [-0.2, -0.15) is 0 Å². The van der Waals surface area contributed by atoms with E-state index in [1.54, 1.807) is 25.1 Å². The van der Waals surface area contributed by atoms with Gasteiger partial charge in [0.1, 0.15) is 0 Å². The van der Waals surface area contributed by atoms with Crippen molar-refractivity contribution in [2.75, 3.05) is 5.75 Å². The maximum atomic E-state index is 11.8. The molecule has 2 atom stereocenters. The molecule has 2 N–H and O–H groups in total. The second kappa shape index (κ2) is 5.80. The molecule has 0 amide bonds. The molecule has 2 unspecified atom stereocenters. The van der Waals surface area contributed by atoms with Crippen molar-refractivity contribution in [1.29, 1.82) is 0 Å². The maximum Gasteiger partial charge on any atom is 0.178 e. The Morgan fingerprint density at radius 2 is 2.00 bits per heavy atom. The Balaban J connectivity index is 3.14. The summed E-state index contributed by atoms with van der Waals surface area (Å²) in [5.41, 5.74) is 6.59. The normalized spacial score (nSPS) is 15.1. The van der Waals surface area contributed by atoms with Crippen molar-refractivity contribution < 1.29 is 8.42 Å². The van der Waals surface area contributed by atoms with Crippen LogP contribution in [0.25, 0.3) is 0 Å². The molecule has 0 aliphatic carbocycles. The van der Waals surface area contributed by atoms with Crippen molar-refractivity contribution in [2.24, 2.45) is 11.7 Å². The van der Waals surface area contributed by atoms with Gasteiger partial charge < -0.3 is 5.73 Å². The maximum absolute atomic E-state index is 11.8. The van der Waals surface area contributed by atoms with E-state index in [-0.39, 0.29) is 17.6 Å². The highest BCUT2D eigenvalue weighted by atomic mass is 32.2. The third-order valence-corrected chi connectivity index (χ3v) is 5.43. The van der Waals surface area contributed by atoms with E-state index in [1.807, 2.05) is 19.9 Å². The SMILES string of the molecule is CCS(=O)(=O)c1cccc(C(C)C(C)C(N)=S)c1. The third kappa shape index (κ3) is 3.29. The van der Waals surface area contributed by atoms with Gasteiger partial charge in [0.2, 0.25) is 0 Å². The van der Waals surface area contributed by atoms with E-state index in [2.05, 4.69) is 0 Å². The van der Waals surface area contributed by atoms with Gasteiger partial charge in [0.15, 0.2) is 9.84 Å². The van der Waals surface area contributed by atoms with Gasteiger partial charge in [0.25, 0.3) is 0 Å². The van der Waals surface area contributed by atoms with E-state index in [9.17, 15) is 8.42 Å². The minimum absolute atomic E-state index is 0.0413. The number of hydrogen-bond donors (Lipinski definition) is 1. The van der Waals surface area contributed by atoms with Crippen LogP contribution < -0.4 is 5.73 Å². The molecule has 5 heteroatoms. The Kier molecular flexibility index (Phi) is 4.87. The summed E-state index contributed by atoms with van der Waals surface area (Å²) in [6.07, 6.45) is 0. The minimum atomic E-state index is -3.16. The second-order valence-corrected chi connectivity index (χ2v) is 7.21. The lowest BCUT2D eigenvalue weighted by molar-refractivity contribution is 0.595. The first-order valence-electron chi connectivity index (χ1n) is 5.91. The summed E-state index contributed by atoms with van der Waals surface area (Å²) in [7, 11) is -3.16. The fraction of sp³-hybridized carbons (Fsp3) is 0.462. The molecule has 0 aliphatic rings.